The molecule has 1 aromatic heterocycles. The Hall–Kier alpha value is -0.740. The number of rotatable bonds is 8. The number of hydrogen-bond donors (Lipinski definition) is 1. The molecular formula is C15H27N3S. The highest BCUT2D eigenvalue weighted by Gasteiger charge is 2.13. The first kappa shape index (κ1) is 16.3. The Morgan fingerprint density at radius 3 is 2.74 bits per heavy atom. The summed E-state index contributed by atoms with van der Waals surface area (Å²) in [4.78, 5) is 6.63. The fourth-order valence-electron chi connectivity index (χ4n) is 1.92. The van der Waals surface area contributed by atoms with Gasteiger partial charge in [-0.2, -0.15) is 11.8 Å². The largest absolute Gasteiger partial charge is 0.370 e. The van der Waals surface area contributed by atoms with Crippen molar-refractivity contribution in [2.75, 3.05) is 24.0 Å². The number of thioether (sulfide) groups is 1. The molecule has 0 amide bonds. The molecule has 1 N–H and O–H groups in total. The van der Waals surface area contributed by atoms with Crippen LogP contribution in [-0.2, 0) is 6.54 Å². The Morgan fingerprint density at radius 2 is 2.11 bits per heavy atom. The molecular weight excluding hydrogens is 254 g/mol. The van der Waals surface area contributed by atoms with E-state index in [1.54, 1.807) is 0 Å². The first-order chi connectivity index (χ1) is 9.06. The minimum atomic E-state index is 0.500. The quantitative estimate of drug-likeness (QED) is 0.792. The van der Waals surface area contributed by atoms with Gasteiger partial charge in [-0.1, -0.05) is 13.8 Å². The molecule has 1 atom stereocenters. The standard InChI is InChI=1S/C15H27N3S/c1-12(2)17-10-14-6-8-16-11-15(14)18(4)13(3)7-9-19-5/h6,8,11-13,17H,7,9-10H2,1-5H3. The second-order valence-electron chi connectivity index (χ2n) is 5.28. The van der Waals surface area contributed by atoms with Gasteiger partial charge in [0.15, 0.2) is 0 Å². The number of nitrogens with one attached hydrogen (secondary N) is 1. The number of aromatic nitrogens is 1. The minimum Gasteiger partial charge on any atom is -0.370 e. The molecule has 1 aromatic rings. The molecule has 19 heavy (non-hydrogen) atoms. The average molecular weight is 281 g/mol. The van der Waals surface area contributed by atoms with Gasteiger partial charge in [-0.25, -0.2) is 0 Å². The minimum absolute atomic E-state index is 0.500. The maximum atomic E-state index is 4.28. The van der Waals surface area contributed by atoms with E-state index in [1.807, 2.05) is 24.2 Å². The molecule has 0 bridgehead atoms. The predicted molar refractivity (Wildman–Crippen MR) is 87.1 cm³/mol. The molecule has 1 unspecified atom stereocenters. The van der Waals surface area contributed by atoms with E-state index in [1.165, 1.54) is 23.4 Å². The molecule has 4 heteroatoms. The molecule has 1 rings (SSSR count). The molecule has 0 saturated carbocycles. The van der Waals surface area contributed by atoms with E-state index in [9.17, 15) is 0 Å². The summed E-state index contributed by atoms with van der Waals surface area (Å²) in [7, 11) is 2.17. The van der Waals surface area contributed by atoms with Gasteiger partial charge < -0.3 is 10.2 Å². The van der Waals surface area contributed by atoms with Crippen LogP contribution >= 0.6 is 11.8 Å². The van der Waals surface area contributed by atoms with Crippen LogP contribution in [0.25, 0.3) is 0 Å². The summed E-state index contributed by atoms with van der Waals surface area (Å²) >= 11 is 1.91. The maximum Gasteiger partial charge on any atom is 0.0598 e. The van der Waals surface area contributed by atoms with Crippen molar-refractivity contribution in [3.8, 4) is 0 Å². The van der Waals surface area contributed by atoms with Gasteiger partial charge in [0.05, 0.1) is 11.9 Å². The SMILES string of the molecule is CSCCC(C)N(C)c1cnccc1CNC(C)C. The fourth-order valence-corrected chi connectivity index (χ4v) is 2.49. The lowest BCUT2D eigenvalue weighted by molar-refractivity contribution is 0.585. The van der Waals surface area contributed by atoms with Crippen LogP contribution in [0.1, 0.15) is 32.8 Å². The van der Waals surface area contributed by atoms with Gasteiger partial charge in [0, 0.05) is 31.9 Å². The highest BCUT2D eigenvalue weighted by atomic mass is 32.2. The third-order valence-electron chi connectivity index (χ3n) is 3.37. The molecule has 108 valence electrons. The molecule has 0 radical (unpaired) electrons. The van der Waals surface area contributed by atoms with E-state index in [0.717, 1.165) is 6.54 Å². The summed E-state index contributed by atoms with van der Waals surface area (Å²) in [6, 6.07) is 3.15. The Kier molecular flexibility index (Phi) is 7.24. The van der Waals surface area contributed by atoms with Gasteiger partial charge in [-0.3, -0.25) is 4.98 Å². The molecule has 0 aliphatic carbocycles. The molecule has 1 heterocycles. The lowest BCUT2D eigenvalue weighted by atomic mass is 10.1. The van der Waals surface area contributed by atoms with Gasteiger partial charge in [0.2, 0.25) is 0 Å². The molecule has 0 spiro atoms. The van der Waals surface area contributed by atoms with Crippen molar-refractivity contribution in [3.63, 3.8) is 0 Å². The van der Waals surface area contributed by atoms with E-state index in [0.29, 0.717) is 12.1 Å². The van der Waals surface area contributed by atoms with Gasteiger partial charge in [0.1, 0.15) is 0 Å². The third-order valence-corrected chi connectivity index (χ3v) is 4.01. The lowest BCUT2D eigenvalue weighted by Gasteiger charge is -2.29. The van der Waals surface area contributed by atoms with Crippen molar-refractivity contribution in [2.24, 2.45) is 0 Å². The molecule has 0 aliphatic rings. The maximum absolute atomic E-state index is 4.28. The molecule has 0 fully saturated rings. The highest BCUT2D eigenvalue weighted by Crippen LogP contribution is 2.21. The van der Waals surface area contributed by atoms with E-state index in [-0.39, 0.29) is 0 Å². The van der Waals surface area contributed by atoms with Gasteiger partial charge >= 0.3 is 0 Å². The van der Waals surface area contributed by atoms with E-state index in [2.05, 4.69) is 55.3 Å². The Morgan fingerprint density at radius 1 is 1.37 bits per heavy atom. The van der Waals surface area contributed by atoms with Gasteiger partial charge in [-0.15, -0.1) is 0 Å². The van der Waals surface area contributed by atoms with Crippen LogP contribution in [0.4, 0.5) is 5.69 Å². The lowest BCUT2D eigenvalue weighted by Crippen LogP contribution is -2.31. The number of pyridine rings is 1. The van der Waals surface area contributed by atoms with Crippen LogP contribution in [0.5, 0.6) is 0 Å². The van der Waals surface area contributed by atoms with Crippen molar-refractivity contribution in [3.05, 3.63) is 24.0 Å². The van der Waals surface area contributed by atoms with Crippen molar-refractivity contribution < 1.29 is 0 Å². The van der Waals surface area contributed by atoms with Gasteiger partial charge in [-0.05, 0) is 37.0 Å². The molecule has 3 nitrogen and oxygen atoms in total. The normalized spacial score (nSPS) is 12.7. The summed E-state index contributed by atoms with van der Waals surface area (Å²) in [6.07, 6.45) is 7.21. The zero-order valence-electron chi connectivity index (χ0n) is 12.8. The Balaban J connectivity index is 2.74. The monoisotopic (exact) mass is 281 g/mol. The number of anilines is 1. The van der Waals surface area contributed by atoms with Crippen molar-refractivity contribution in [2.45, 2.75) is 45.8 Å². The second-order valence-corrected chi connectivity index (χ2v) is 6.27. The highest BCUT2D eigenvalue weighted by molar-refractivity contribution is 7.98. The number of hydrogen-bond acceptors (Lipinski definition) is 4. The van der Waals surface area contributed by atoms with Crippen LogP contribution < -0.4 is 10.2 Å². The second kappa shape index (κ2) is 8.43. The van der Waals surface area contributed by atoms with E-state index >= 15 is 0 Å². The molecule has 0 aromatic carbocycles. The summed E-state index contributed by atoms with van der Waals surface area (Å²) in [6.45, 7) is 7.52. The summed E-state index contributed by atoms with van der Waals surface area (Å²) < 4.78 is 0. The van der Waals surface area contributed by atoms with Crippen LogP contribution in [0.2, 0.25) is 0 Å². The summed E-state index contributed by atoms with van der Waals surface area (Å²) in [5, 5.41) is 3.48. The smallest absolute Gasteiger partial charge is 0.0598 e. The number of nitrogens with zero attached hydrogens (tertiary/aromatic N) is 2. The summed E-state index contributed by atoms with van der Waals surface area (Å²) in [5.74, 6) is 1.20. The molecule has 0 aliphatic heterocycles. The zero-order chi connectivity index (χ0) is 14.3. The fraction of sp³-hybridized carbons (Fsp3) is 0.667. The first-order valence-electron chi connectivity index (χ1n) is 6.94. The topological polar surface area (TPSA) is 28.2 Å². The van der Waals surface area contributed by atoms with Crippen LogP contribution in [0.15, 0.2) is 18.5 Å². The summed E-state index contributed by atoms with van der Waals surface area (Å²) in [5.41, 5.74) is 2.56. The van der Waals surface area contributed by atoms with E-state index in [4.69, 9.17) is 0 Å². The predicted octanol–water partition coefficient (Wildman–Crippen LogP) is 3.16. The van der Waals surface area contributed by atoms with Crippen molar-refractivity contribution in [1.82, 2.24) is 10.3 Å². The Labute approximate surface area is 122 Å². The van der Waals surface area contributed by atoms with Crippen molar-refractivity contribution in [1.29, 1.82) is 0 Å². The van der Waals surface area contributed by atoms with Crippen LogP contribution in [0, 0.1) is 0 Å². The van der Waals surface area contributed by atoms with E-state index < -0.39 is 0 Å². The van der Waals surface area contributed by atoms with Crippen molar-refractivity contribution >= 4 is 17.4 Å². The first-order valence-corrected chi connectivity index (χ1v) is 8.33. The van der Waals surface area contributed by atoms with Crippen LogP contribution in [-0.4, -0.2) is 36.1 Å². The zero-order valence-corrected chi connectivity index (χ0v) is 13.6. The Bertz CT molecular complexity index is 368. The van der Waals surface area contributed by atoms with Gasteiger partial charge in [0.25, 0.3) is 0 Å². The molecule has 0 saturated heterocycles. The third kappa shape index (κ3) is 5.41. The van der Waals surface area contributed by atoms with Crippen LogP contribution in [0.3, 0.4) is 0 Å². The average Bonchev–Trinajstić information content (AvgIpc) is 2.42.